The predicted molar refractivity (Wildman–Crippen MR) is 66.5 cm³/mol. The Labute approximate surface area is 109 Å². The van der Waals surface area contributed by atoms with E-state index in [0.29, 0.717) is 18.7 Å². The summed E-state index contributed by atoms with van der Waals surface area (Å²) < 4.78 is 14.6. The third-order valence-electron chi connectivity index (χ3n) is 2.75. The molecule has 1 N–H and O–H groups in total. The van der Waals surface area contributed by atoms with E-state index in [0.717, 1.165) is 12.0 Å². The van der Waals surface area contributed by atoms with E-state index in [1.54, 1.807) is 12.1 Å². The molecule has 0 saturated heterocycles. The Bertz CT molecular complexity index is 595. The lowest BCUT2D eigenvalue weighted by molar-refractivity contribution is 0.0689. The van der Waals surface area contributed by atoms with Crippen LogP contribution in [-0.4, -0.2) is 26.1 Å². The van der Waals surface area contributed by atoms with E-state index in [4.69, 9.17) is 5.11 Å². The molecule has 5 nitrogen and oxygen atoms in total. The summed E-state index contributed by atoms with van der Waals surface area (Å²) in [6.07, 6.45) is 1.36. The van der Waals surface area contributed by atoms with Gasteiger partial charge in [0.15, 0.2) is 5.69 Å². The van der Waals surface area contributed by atoms with Gasteiger partial charge in [-0.1, -0.05) is 30.7 Å². The molecule has 0 spiro atoms. The maximum atomic E-state index is 13.1. The molecule has 2 aromatic rings. The summed E-state index contributed by atoms with van der Waals surface area (Å²) >= 11 is 0. The standard InChI is InChI=1S/C13H14FN3O2/c1-2-4-11-12(13(18)19)15-16-17(11)8-9-5-3-6-10(14)7-9/h3,5-7H,2,4,8H2,1H3,(H,18,19). The SMILES string of the molecule is CCCc1c(C(=O)O)nnn1Cc1cccc(F)c1. The number of carboxylic acids is 1. The lowest BCUT2D eigenvalue weighted by Crippen LogP contribution is -2.09. The number of benzene rings is 1. The van der Waals surface area contributed by atoms with Gasteiger partial charge in [0.05, 0.1) is 12.2 Å². The van der Waals surface area contributed by atoms with Crippen molar-refractivity contribution in [1.29, 1.82) is 0 Å². The second-order valence-corrected chi connectivity index (χ2v) is 4.23. The van der Waals surface area contributed by atoms with Crippen molar-refractivity contribution < 1.29 is 14.3 Å². The molecule has 0 aliphatic heterocycles. The number of aromatic carboxylic acids is 1. The number of rotatable bonds is 5. The van der Waals surface area contributed by atoms with E-state index >= 15 is 0 Å². The number of hydrogen-bond donors (Lipinski definition) is 1. The molecule has 0 unspecified atom stereocenters. The summed E-state index contributed by atoms with van der Waals surface area (Å²) in [4.78, 5) is 11.0. The average molecular weight is 263 g/mol. The predicted octanol–water partition coefficient (Wildman–Crippen LogP) is 2.12. The van der Waals surface area contributed by atoms with Crippen LogP contribution in [0.3, 0.4) is 0 Å². The summed E-state index contributed by atoms with van der Waals surface area (Å²) in [7, 11) is 0. The van der Waals surface area contributed by atoms with Crippen LogP contribution in [0.1, 0.15) is 35.1 Å². The molecule has 0 aliphatic carbocycles. The Morgan fingerprint density at radius 3 is 2.89 bits per heavy atom. The third-order valence-corrected chi connectivity index (χ3v) is 2.75. The molecule has 1 heterocycles. The van der Waals surface area contributed by atoms with E-state index in [1.807, 2.05) is 6.92 Å². The van der Waals surface area contributed by atoms with Crippen molar-refractivity contribution >= 4 is 5.97 Å². The average Bonchev–Trinajstić information content (AvgIpc) is 2.73. The highest BCUT2D eigenvalue weighted by Crippen LogP contribution is 2.12. The maximum Gasteiger partial charge on any atom is 0.358 e. The van der Waals surface area contributed by atoms with Gasteiger partial charge in [0, 0.05) is 0 Å². The lowest BCUT2D eigenvalue weighted by Gasteiger charge is -2.06. The normalized spacial score (nSPS) is 10.6. The van der Waals surface area contributed by atoms with Gasteiger partial charge >= 0.3 is 5.97 Å². The number of nitrogens with zero attached hydrogens (tertiary/aromatic N) is 3. The fourth-order valence-corrected chi connectivity index (χ4v) is 1.92. The van der Waals surface area contributed by atoms with Gasteiger partial charge < -0.3 is 5.11 Å². The van der Waals surface area contributed by atoms with Gasteiger partial charge in [-0.25, -0.2) is 13.9 Å². The van der Waals surface area contributed by atoms with E-state index in [2.05, 4.69) is 10.3 Å². The molecule has 0 fully saturated rings. The van der Waals surface area contributed by atoms with E-state index in [-0.39, 0.29) is 11.5 Å². The molecular weight excluding hydrogens is 249 g/mol. The van der Waals surface area contributed by atoms with Crippen LogP contribution >= 0.6 is 0 Å². The van der Waals surface area contributed by atoms with Crippen LogP contribution < -0.4 is 0 Å². The molecule has 6 heteroatoms. The zero-order valence-electron chi connectivity index (χ0n) is 10.5. The Morgan fingerprint density at radius 1 is 1.47 bits per heavy atom. The molecule has 0 bridgehead atoms. The molecule has 100 valence electrons. The van der Waals surface area contributed by atoms with Gasteiger partial charge in [-0.05, 0) is 24.1 Å². The van der Waals surface area contributed by atoms with Crippen molar-refractivity contribution in [3.05, 3.63) is 47.0 Å². The molecule has 0 radical (unpaired) electrons. The van der Waals surface area contributed by atoms with Crippen molar-refractivity contribution in [2.24, 2.45) is 0 Å². The maximum absolute atomic E-state index is 13.1. The van der Waals surface area contributed by atoms with Crippen LogP contribution in [0.15, 0.2) is 24.3 Å². The van der Waals surface area contributed by atoms with Crippen molar-refractivity contribution in [3.8, 4) is 0 Å². The Morgan fingerprint density at radius 2 is 2.26 bits per heavy atom. The van der Waals surface area contributed by atoms with Gasteiger partial charge in [0.2, 0.25) is 0 Å². The number of halogens is 1. The smallest absolute Gasteiger partial charge is 0.358 e. The zero-order chi connectivity index (χ0) is 13.8. The quantitative estimate of drug-likeness (QED) is 0.897. The van der Waals surface area contributed by atoms with Crippen LogP contribution in [-0.2, 0) is 13.0 Å². The first-order valence-electron chi connectivity index (χ1n) is 6.02. The Hall–Kier alpha value is -2.24. The summed E-state index contributed by atoms with van der Waals surface area (Å²) in [5.41, 5.74) is 1.26. The number of carboxylic acid groups (broad SMARTS) is 1. The zero-order valence-corrected chi connectivity index (χ0v) is 10.5. The minimum Gasteiger partial charge on any atom is -0.476 e. The minimum atomic E-state index is -1.09. The van der Waals surface area contributed by atoms with Gasteiger partial charge in [-0.2, -0.15) is 0 Å². The number of carbonyl (C=O) groups is 1. The van der Waals surface area contributed by atoms with Gasteiger partial charge in [-0.3, -0.25) is 0 Å². The first kappa shape index (κ1) is 13.2. The highest BCUT2D eigenvalue weighted by Gasteiger charge is 2.18. The largest absolute Gasteiger partial charge is 0.476 e. The summed E-state index contributed by atoms with van der Waals surface area (Å²) in [6.45, 7) is 2.26. The molecule has 19 heavy (non-hydrogen) atoms. The van der Waals surface area contributed by atoms with E-state index in [1.165, 1.54) is 16.8 Å². The highest BCUT2D eigenvalue weighted by atomic mass is 19.1. The van der Waals surface area contributed by atoms with E-state index in [9.17, 15) is 9.18 Å². The van der Waals surface area contributed by atoms with Gasteiger partial charge in [-0.15, -0.1) is 5.10 Å². The molecule has 0 amide bonds. The molecule has 0 aliphatic rings. The monoisotopic (exact) mass is 263 g/mol. The summed E-state index contributed by atoms with van der Waals surface area (Å²) in [5.74, 6) is -1.41. The molecule has 0 saturated carbocycles. The highest BCUT2D eigenvalue weighted by molar-refractivity contribution is 5.86. The number of aromatic nitrogens is 3. The van der Waals surface area contributed by atoms with Crippen molar-refractivity contribution in [3.63, 3.8) is 0 Å². The third kappa shape index (κ3) is 2.96. The first-order chi connectivity index (χ1) is 9.11. The van der Waals surface area contributed by atoms with Crippen molar-refractivity contribution in [1.82, 2.24) is 15.0 Å². The fourth-order valence-electron chi connectivity index (χ4n) is 1.92. The van der Waals surface area contributed by atoms with E-state index < -0.39 is 5.97 Å². The second-order valence-electron chi connectivity index (χ2n) is 4.23. The fraction of sp³-hybridized carbons (Fsp3) is 0.308. The second kappa shape index (κ2) is 5.60. The van der Waals surface area contributed by atoms with Crippen LogP contribution in [0, 0.1) is 5.82 Å². The molecule has 1 aromatic heterocycles. The van der Waals surface area contributed by atoms with Crippen LogP contribution in [0.4, 0.5) is 4.39 Å². The first-order valence-corrected chi connectivity index (χ1v) is 6.02. The Balaban J connectivity index is 2.32. The van der Waals surface area contributed by atoms with Crippen molar-refractivity contribution in [2.75, 3.05) is 0 Å². The van der Waals surface area contributed by atoms with Crippen LogP contribution in [0.25, 0.3) is 0 Å². The van der Waals surface area contributed by atoms with Crippen LogP contribution in [0.5, 0.6) is 0 Å². The summed E-state index contributed by atoms with van der Waals surface area (Å²) in [6, 6.07) is 6.14. The molecule has 0 atom stereocenters. The van der Waals surface area contributed by atoms with Gasteiger partial charge in [0.1, 0.15) is 5.82 Å². The molecular formula is C13H14FN3O2. The Kier molecular flexibility index (Phi) is 3.89. The molecule has 2 rings (SSSR count). The van der Waals surface area contributed by atoms with Crippen molar-refractivity contribution in [2.45, 2.75) is 26.3 Å². The summed E-state index contributed by atoms with van der Waals surface area (Å²) in [5, 5.41) is 16.6. The van der Waals surface area contributed by atoms with Gasteiger partial charge in [0.25, 0.3) is 0 Å². The molecule has 1 aromatic carbocycles. The topological polar surface area (TPSA) is 68.0 Å². The minimum absolute atomic E-state index is 0.0294. The number of hydrogen-bond acceptors (Lipinski definition) is 3. The lowest BCUT2D eigenvalue weighted by atomic mass is 10.2. The van der Waals surface area contributed by atoms with Crippen LogP contribution in [0.2, 0.25) is 0 Å².